The third kappa shape index (κ3) is 5.06. The molecule has 1 aliphatic rings. The maximum atomic E-state index is 11.6. The van der Waals surface area contributed by atoms with E-state index < -0.39 is 12.0 Å². The molecule has 0 aliphatic heterocycles. The van der Waals surface area contributed by atoms with Gasteiger partial charge in [0.1, 0.15) is 6.04 Å². The molecule has 1 rings (SSSR count). The van der Waals surface area contributed by atoms with Crippen LogP contribution in [0.3, 0.4) is 0 Å². The second-order valence-electron chi connectivity index (χ2n) is 4.61. The van der Waals surface area contributed by atoms with Gasteiger partial charge in [0.15, 0.2) is 0 Å². The fourth-order valence-corrected chi connectivity index (χ4v) is 2.15. The van der Waals surface area contributed by atoms with Crippen LogP contribution in [0.5, 0.6) is 0 Å². The van der Waals surface area contributed by atoms with Gasteiger partial charge in [-0.3, -0.25) is 0 Å². The minimum Gasteiger partial charge on any atom is -0.480 e. The number of carbonyl (C=O) groups is 2. The second kappa shape index (κ2) is 7.14. The summed E-state index contributed by atoms with van der Waals surface area (Å²) in [7, 11) is 0. The van der Waals surface area contributed by atoms with E-state index in [1.54, 1.807) is 6.92 Å². The van der Waals surface area contributed by atoms with E-state index in [2.05, 4.69) is 10.6 Å². The quantitative estimate of drug-likeness (QED) is 0.658. The third-order valence-electron chi connectivity index (χ3n) is 3.20. The molecule has 0 bridgehead atoms. The number of carboxylic acid groups (broad SMARTS) is 1. The van der Waals surface area contributed by atoms with Crippen molar-refractivity contribution in [3.63, 3.8) is 0 Å². The SMILES string of the molecule is CC[C@@H](NC(=O)NC1CCCCCC1)C(=O)O. The first kappa shape index (κ1) is 13.8. The Hall–Kier alpha value is -1.26. The number of carboxylic acids is 1. The first-order valence-electron chi connectivity index (χ1n) is 6.43. The molecule has 17 heavy (non-hydrogen) atoms. The smallest absolute Gasteiger partial charge is 0.326 e. The number of hydrogen-bond acceptors (Lipinski definition) is 2. The van der Waals surface area contributed by atoms with Crippen LogP contribution in [-0.2, 0) is 4.79 Å². The summed E-state index contributed by atoms with van der Waals surface area (Å²) in [5.41, 5.74) is 0. The van der Waals surface area contributed by atoms with Crippen molar-refractivity contribution in [2.24, 2.45) is 0 Å². The van der Waals surface area contributed by atoms with E-state index in [9.17, 15) is 9.59 Å². The van der Waals surface area contributed by atoms with Crippen molar-refractivity contribution >= 4 is 12.0 Å². The van der Waals surface area contributed by atoms with Crippen molar-refractivity contribution in [3.8, 4) is 0 Å². The molecule has 0 radical (unpaired) electrons. The van der Waals surface area contributed by atoms with E-state index >= 15 is 0 Å². The highest BCUT2D eigenvalue weighted by Crippen LogP contribution is 2.16. The van der Waals surface area contributed by atoms with Gasteiger partial charge in [0, 0.05) is 6.04 Å². The Morgan fingerprint density at radius 2 is 1.82 bits per heavy atom. The van der Waals surface area contributed by atoms with Gasteiger partial charge in [0.2, 0.25) is 0 Å². The zero-order valence-corrected chi connectivity index (χ0v) is 10.4. The normalized spacial score (nSPS) is 19.1. The summed E-state index contributed by atoms with van der Waals surface area (Å²) in [5.74, 6) is -0.983. The monoisotopic (exact) mass is 242 g/mol. The molecular formula is C12H22N2O3. The van der Waals surface area contributed by atoms with Crippen LogP contribution in [0.1, 0.15) is 51.9 Å². The summed E-state index contributed by atoms with van der Waals surface area (Å²) in [6.45, 7) is 1.74. The van der Waals surface area contributed by atoms with Crippen LogP contribution in [0.15, 0.2) is 0 Å². The van der Waals surface area contributed by atoms with Gasteiger partial charge in [-0.25, -0.2) is 9.59 Å². The van der Waals surface area contributed by atoms with Gasteiger partial charge in [-0.2, -0.15) is 0 Å². The molecule has 0 spiro atoms. The van der Waals surface area contributed by atoms with E-state index in [4.69, 9.17) is 5.11 Å². The van der Waals surface area contributed by atoms with E-state index in [1.165, 1.54) is 12.8 Å². The number of carbonyl (C=O) groups excluding carboxylic acids is 1. The predicted octanol–water partition coefficient (Wildman–Crippen LogP) is 1.87. The average molecular weight is 242 g/mol. The minimum atomic E-state index is -0.983. The lowest BCUT2D eigenvalue weighted by Crippen LogP contribution is -2.48. The summed E-state index contributed by atoms with van der Waals surface area (Å²) in [4.78, 5) is 22.4. The lowest BCUT2D eigenvalue weighted by molar-refractivity contribution is -0.139. The van der Waals surface area contributed by atoms with Crippen molar-refractivity contribution < 1.29 is 14.7 Å². The molecule has 1 fully saturated rings. The highest BCUT2D eigenvalue weighted by Gasteiger charge is 2.20. The minimum absolute atomic E-state index is 0.198. The van der Waals surface area contributed by atoms with Gasteiger partial charge in [-0.05, 0) is 19.3 Å². The van der Waals surface area contributed by atoms with Crippen molar-refractivity contribution in [3.05, 3.63) is 0 Å². The molecule has 3 N–H and O–H groups in total. The van der Waals surface area contributed by atoms with Crippen molar-refractivity contribution in [2.75, 3.05) is 0 Å². The number of nitrogens with one attached hydrogen (secondary N) is 2. The Bertz CT molecular complexity index is 260. The first-order chi connectivity index (χ1) is 8.13. The Morgan fingerprint density at radius 1 is 1.24 bits per heavy atom. The van der Waals surface area contributed by atoms with Crippen LogP contribution in [0.25, 0.3) is 0 Å². The molecule has 5 heteroatoms. The maximum Gasteiger partial charge on any atom is 0.326 e. The Kier molecular flexibility index (Phi) is 5.80. The van der Waals surface area contributed by atoms with Crippen LogP contribution in [0.2, 0.25) is 0 Å². The summed E-state index contributed by atoms with van der Waals surface area (Å²) in [5, 5.41) is 14.2. The molecule has 2 amide bonds. The highest BCUT2D eigenvalue weighted by atomic mass is 16.4. The number of aliphatic carboxylic acids is 1. The Balaban J connectivity index is 2.34. The van der Waals surface area contributed by atoms with Gasteiger partial charge in [-0.15, -0.1) is 0 Å². The van der Waals surface area contributed by atoms with Crippen molar-refractivity contribution in [2.45, 2.75) is 64.0 Å². The van der Waals surface area contributed by atoms with Gasteiger partial charge in [-0.1, -0.05) is 32.6 Å². The molecular weight excluding hydrogens is 220 g/mol. The van der Waals surface area contributed by atoms with Gasteiger partial charge >= 0.3 is 12.0 Å². The standard InChI is InChI=1S/C12H22N2O3/c1-2-10(11(15)16)14-12(17)13-9-7-5-3-4-6-8-9/h9-10H,2-8H2,1H3,(H,15,16)(H2,13,14,17)/t10-/m1/s1. The van der Waals surface area contributed by atoms with Crippen LogP contribution in [0, 0.1) is 0 Å². The fourth-order valence-electron chi connectivity index (χ4n) is 2.15. The van der Waals surface area contributed by atoms with Crippen LogP contribution in [-0.4, -0.2) is 29.2 Å². The summed E-state index contributed by atoms with van der Waals surface area (Å²) >= 11 is 0. The molecule has 0 aromatic carbocycles. The van der Waals surface area contributed by atoms with Gasteiger partial charge < -0.3 is 15.7 Å². The van der Waals surface area contributed by atoms with Crippen LogP contribution in [0.4, 0.5) is 4.79 Å². The topological polar surface area (TPSA) is 78.4 Å². The molecule has 98 valence electrons. The first-order valence-corrected chi connectivity index (χ1v) is 6.43. The lowest BCUT2D eigenvalue weighted by Gasteiger charge is -2.19. The second-order valence-corrected chi connectivity index (χ2v) is 4.61. The number of rotatable bonds is 4. The molecule has 5 nitrogen and oxygen atoms in total. The number of hydrogen-bond donors (Lipinski definition) is 3. The molecule has 1 atom stereocenters. The summed E-state index contributed by atoms with van der Waals surface area (Å²) in [6.07, 6.45) is 7.13. The zero-order valence-electron chi connectivity index (χ0n) is 10.4. The maximum absolute atomic E-state index is 11.6. The number of amides is 2. The fraction of sp³-hybridized carbons (Fsp3) is 0.833. The summed E-state index contributed by atoms with van der Waals surface area (Å²) in [6, 6.07) is -0.948. The van der Waals surface area contributed by atoms with Crippen LogP contribution < -0.4 is 10.6 Å². The van der Waals surface area contributed by atoms with Crippen molar-refractivity contribution in [1.29, 1.82) is 0 Å². The molecule has 0 aromatic rings. The van der Waals surface area contributed by atoms with Crippen molar-refractivity contribution in [1.82, 2.24) is 10.6 Å². The van der Waals surface area contributed by atoms with E-state index in [1.807, 2.05) is 0 Å². The predicted molar refractivity (Wildman–Crippen MR) is 64.9 cm³/mol. The van der Waals surface area contributed by atoms with E-state index in [0.29, 0.717) is 6.42 Å². The van der Waals surface area contributed by atoms with E-state index in [0.717, 1.165) is 25.7 Å². The zero-order chi connectivity index (χ0) is 12.7. The van der Waals surface area contributed by atoms with Crippen LogP contribution >= 0.6 is 0 Å². The lowest BCUT2D eigenvalue weighted by atomic mass is 10.1. The number of urea groups is 1. The average Bonchev–Trinajstić information content (AvgIpc) is 2.54. The molecule has 1 aliphatic carbocycles. The Labute approximate surface area is 102 Å². The Morgan fingerprint density at radius 3 is 2.29 bits per heavy atom. The molecule has 0 aromatic heterocycles. The van der Waals surface area contributed by atoms with Gasteiger partial charge in [0.05, 0.1) is 0 Å². The third-order valence-corrected chi connectivity index (χ3v) is 3.20. The largest absolute Gasteiger partial charge is 0.480 e. The highest BCUT2D eigenvalue weighted by molar-refractivity contribution is 5.82. The molecule has 1 saturated carbocycles. The molecule has 0 saturated heterocycles. The summed E-state index contributed by atoms with van der Waals surface area (Å²) < 4.78 is 0. The molecule has 0 heterocycles. The molecule has 0 unspecified atom stereocenters. The van der Waals surface area contributed by atoms with E-state index in [-0.39, 0.29) is 12.1 Å². The van der Waals surface area contributed by atoms with Gasteiger partial charge in [0.25, 0.3) is 0 Å².